The van der Waals surface area contributed by atoms with E-state index in [1.807, 2.05) is 32.0 Å². The third-order valence-electron chi connectivity index (χ3n) is 3.17. The lowest BCUT2D eigenvalue weighted by Gasteiger charge is -2.16. The summed E-state index contributed by atoms with van der Waals surface area (Å²) in [5.74, 6) is 1.51. The van der Waals surface area contributed by atoms with Crippen LogP contribution in [0.15, 0.2) is 18.2 Å². The molecule has 1 aromatic rings. The van der Waals surface area contributed by atoms with Gasteiger partial charge in [0, 0.05) is 6.54 Å². The van der Waals surface area contributed by atoms with Gasteiger partial charge in [0.15, 0.2) is 16.6 Å². The second kappa shape index (κ2) is 7.26. The van der Waals surface area contributed by atoms with Crippen molar-refractivity contribution in [2.24, 2.45) is 0 Å². The van der Waals surface area contributed by atoms with E-state index in [2.05, 4.69) is 5.32 Å². The predicted octanol–water partition coefficient (Wildman–Crippen LogP) is 1.74. The van der Waals surface area contributed by atoms with Crippen molar-refractivity contribution in [1.29, 1.82) is 0 Å². The minimum atomic E-state index is 0.0240. The molecule has 5 nitrogen and oxygen atoms in total. The Hall–Kier alpha value is -1.82. The van der Waals surface area contributed by atoms with E-state index in [0.717, 1.165) is 23.5 Å². The summed E-state index contributed by atoms with van der Waals surface area (Å²) in [6, 6.07) is 5.86. The third kappa shape index (κ3) is 3.85. The fourth-order valence-corrected chi connectivity index (χ4v) is 2.44. The minimum absolute atomic E-state index is 0.0240. The fourth-order valence-electron chi connectivity index (χ4n) is 2.17. The van der Waals surface area contributed by atoms with Crippen molar-refractivity contribution >= 4 is 23.2 Å². The molecule has 1 aliphatic heterocycles. The van der Waals surface area contributed by atoms with Crippen molar-refractivity contribution in [3.05, 3.63) is 23.8 Å². The molecule has 1 aliphatic rings. The number of rotatable bonds is 7. The van der Waals surface area contributed by atoms with Crippen molar-refractivity contribution in [3.8, 4) is 11.5 Å². The van der Waals surface area contributed by atoms with Gasteiger partial charge >= 0.3 is 0 Å². The molecule has 114 valence electrons. The molecule has 0 saturated carbocycles. The maximum atomic E-state index is 11.6. The highest BCUT2D eigenvalue weighted by atomic mass is 32.1. The standard InChI is InChI=1S/C15H20N2O3S/c1-3-19-12-6-5-11(9-13(12)20-4-2)7-8-17-14(18)10-16-15(17)21/h5-6,9H,3-4,7-8,10H2,1-2H3,(H,16,21). The number of carbonyl (C=O) groups is 1. The average molecular weight is 308 g/mol. The van der Waals surface area contributed by atoms with Crippen molar-refractivity contribution in [3.63, 3.8) is 0 Å². The lowest BCUT2D eigenvalue weighted by atomic mass is 10.1. The Labute approximate surface area is 130 Å². The first-order valence-corrected chi connectivity index (χ1v) is 7.53. The van der Waals surface area contributed by atoms with Crippen LogP contribution in [0.2, 0.25) is 0 Å². The van der Waals surface area contributed by atoms with E-state index < -0.39 is 0 Å². The molecular weight excluding hydrogens is 288 g/mol. The van der Waals surface area contributed by atoms with Crippen molar-refractivity contribution < 1.29 is 14.3 Å². The first-order valence-electron chi connectivity index (χ1n) is 7.12. The van der Waals surface area contributed by atoms with E-state index in [4.69, 9.17) is 21.7 Å². The zero-order valence-electron chi connectivity index (χ0n) is 12.3. The number of hydrogen-bond acceptors (Lipinski definition) is 4. The van der Waals surface area contributed by atoms with E-state index in [-0.39, 0.29) is 5.91 Å². The molecule has 0 bridgehead atoms. The largest absolute Gasteiger partial charge is 0.490 e. The van der Waals surface area contributed by atoms with Crippen LogP contribution in [-0.4, -0.2) is 42.2 Å². The Balaban J connectivity index is 2.04. The maximum absolute atomic E-state index is 11.6. The lowest BCUT2D eigenvalue weighted by molar-refractivity contribution is -0.124. The molecule has 0 aromatic heterocycles. The molecular formula is C15H20N2O3S. The molecule has 0 spiro atoms. The topological polar surface area (TPSA) is 50.8 Å². The highest BCUT2D eigenvalue weighted by Gasteiger charge is 2.24. The maximum Gasteiger partial charge on any atom is 0.248 e. The molecule has 1 N–H and O–H groups in total. The second-order valence-electron chi connectivity index (χ2n) is 4.60. The molecule has 1 fully saturated rings. The van der Waals surface area contributed by atoms with Crippen LogP contribution in [0, 0.1) is 0 Å². The van der Waals surface area contributed by atoms with Crippen LogP contribution in [0.1, 0.15) is 19.4 Å². The predicted molar refractivity (Wildman–Crippen MR) is 84.8 cm³/mol. The van der Waals surface area contributed by atoms with E-state index in [9.17, 15) is 4.79 Å². The lowest BCUT2D eigenvalue weighted by Crippen LogP contribution is -2.32. The third-order valence-corrected chi connectivity index (χ3v) is 3.53. The number of nitrogens with zero attached hydrogens (tertiary/aromatic N) is 1. The molecule has 6 heteroatoms. The van der Waals surface area contributed by atoms with Gasteiger partial charge in [-0.3, -0.25) is 9.69 Å². The first kappa shape index (κ1) is 15.6. The van der Waals surface area contributed by atoms with Crippen molar-refractivity contribution in [2.45, 2.75) is 20.3 Å². The smallest absolute Gasteiger partial charge is 0.248 e. The van der Waals surface area contributed by atoms with Gasteiger partial charge in [-0.05, 0) is 50.2 Å². The molecule has 2 rings (SSSR count). The number of nitrogens with one attached hydrogen (secondary N) is 1. The zero-order valence-corrected chi connectivity index (χ0v) is 13.2. The first-order chi connectivity index (χ1) is 10.2. The average Bonchev–Trinajstić information content (AvgIpc) is 2.79. The van der Waals surface area contributed by atoms with Crippen molar-refractivity contribution in [1.82, 2.24) is 10.2 Å². The second-order valence-corrected chi connectivity index (χ2v) is 4.99. The van der Waals surface area contributed by atoms with Crippen LogP contribution in [-0.2, 0) is 11.2 Å². The highest BCUT2D eigenvalue weighted by molar-refractivity contribution is 7.80. The Morgan fingerprint density at radius 2 is 1.95 bits per heavy atom. The van der Waals surface area contributed by atoms with Crippen LogP contribution in [0.4, 0.5) is 0 Å². The Morgan fingerprint density at radius 3 is 2.57 bits per heavy atom. The van der Waals surface area contributed by atoms with Gasteiger partial charge < -0.3 is 14.8 Å². The van der Waals surface area contributed by atoms with Crippen molar-refractivity contribution in [2.75, 3.05) is 26.3 Å². The summed E-state index contributed by atoms with van der Waals surface area (Å²) < 4.78 is 11.1. The molecule has 21 heavy (non-hydrogen) atoms. The van der Waals surface area contributed by atoms with Crippen LogP contribution >= 0.6 is 12.2 Å². The van der Waals surface area contributed by atoms with Crippen LogP contribution in [0.3, 0.4) is 0 Å². The van der Waals surface area contributed by atoms with Crippen LogP contribution < -0.4 is 14.8 Å². The summed E-state index contributed by atoms with van der Waals surface area (Å²) in [6.07, 6.45) is 0.722. The normalized spacial score (nSPS) is 14.3. The molecule has 0 atom stereocenters. The Kier molecular flexibility index (Phi) is 5.38. The number of ether oxygens (including phenoxy) is 2. The van der Waals surface area contributed by atoms with Gasteiger partial charge in [0.1, 0.15) is 0 Å². The summed E-state index contributed by atoms with van der Waals surface area (Å²) in [5.41, 5.74) is 1.09. The molecule has 1 saturated heterocycles. The summed E-state index contributed by atoms with van der Waals surface area (Å²) >= 11 is 5.10. The monoisotopic (exact) mass is 308 g/mol. The zero-order chi connectivity index (χ0) is 15.2. The Morgan fingerprint density at radius 1 is 1.24 bits per heavy atom. The van der Waals surface area contributed by atoms with Gasteiger partial charge in [-0.1, -0.05) is 6.07 Å². The van der Waals surface area contributed by atoms with Crippen LogP contribution in [0.5, 0.6) is 11.5 Å². The summed E-state index contributed by atoms with van der Waals surface area (Å²) in [7, 11) is 0. The van der Waals surface area contributed by atoms with Gasteiger partial charge in [0.2, 0.25) is 5.91 Å². The van der Waals surface area contributed by atoms with E-state index in [0.29, 0.717) is 31.4 Å². The molecule has 1 aromatic carbocycles. The van der Waals surface area contributed by atoms with Crippen LogP contribution in [0.25, 0.3) is 0 Å². The van der Waals surface area contributed by atoms with Gasteiger partial charge in [0.05, 0.1) is 19.8 Å². The van der Waals surface area contributed by atoms with E-state index >= 15 is 0 Å². The number of carbonyl (C=O) groups excluding carboxylic acids is 1. The van der Waals surface area contributed by atoms with Gasteiger partial charge in [-0.2, -0.15) is 0 Å². The molecule has 1 amide bonds. The van der Waals surface area contributed by atoms with E-state index in [1.54, 1.807) is 4.90 Å². The SMILES string of the molecule is CCOc1ccc(CCN2C(=O)CNC2=S)cc1OCC. The van der Waals surface area contributed by atoms with Gasteiger partial charge in [-0.25, -0.2) is 0 Å². The molecule has 1 heterocycles. The number of benzene rings is 1. The number of hydrogen-bond donors (Lipinski definition) is 1. The van der Waals surface area contributed by atoms with E-state index in [1.165, 1.54) is 0 Å². The number of thiocarbonyl (C=S) groups is 1. The summed E-state index contributed by atoms with van der Waals surface area (Å²) in [4.78, 5) is 13.2. The Bertz CT molecular complexity index is 518. The summed E-state index contributed by atoms with van der Waals surface area (Å²) in [6.45, 7) is 5.94. The van der Waals surface area contributed by atoms with Gasteiger partial charge in [-0.15, -0.1) is 0 Å². The molecule has 0 aliphatic carbocycles. The molecule has 0 unspecified atom stereocenters. The highest BCUT2D eigenvalue weighted by Crippen LogP contribution is 2.28. The molecule has 0 radical (unpaired) electrons. The van der Waals surface area contributed by atoms with Gasteiger partial charge in [0.25, 0.3) is 0 Å². The fraction of sp³-hybridized carbons (Fsp3) is 0.467. The minimum Gasteiger partial charge on any atom is -0.490 e. The quantitative estimate of drug-likeness (QED) is 0.778. The number of amides is 1. The summed E-state index contributed by atoms with van der Waals surface area (Å²) in [5, 5.41) is 3.39.